The van der Waals surface area contributed by atoms with Crippen molar-refractivity contribution >= 4 is 63.2 Å². The van der Waals surface area contributed by atoms with Crippen LogP contribution >= 0.6 is 15.9 Å². The first-order valence-corrected chi connectivity index (χ1v) is 18.7. The normalized spacial score (nSPS) is 14.0. The lowest BCUT2D eigenvalue weighted by Gasteiger charge is -2.23. The number of hydrogen-bond acceptors (Lipinski definition) is 9. The summed E-state index contributed by atoms with van der Waals surface area (Å²) in [6, 6.07) is 11.8. The number of unbranched alkanes of at least 4 members (excludes halogenated alkanes) is 2. The van der Waals surface area contributed by atoms with Crippen LogP contribution in [-0.4, -0.2) is 95.0 Å². The van der Waals surface area contributed by atoms with Gasteiger partial charge in [0.2, 0.25) is 35.4 Å². The Balaban J connectivity index is 1.52. The Bertz CT molecular complexity index is 1740. The largest absolute Gasteiger partial charge is 0.508 e. The lowest BCUT2D eigenvalue weighted by molar-refractivity contribution is -0.137. The second-order valence-corrected chi connectivity index (χ2v) is 14.3. The molecule has 0 saturated carbocycles. The molecular formula is C38H48BrN7O9. The van der Waals surface area contributed by atoms with Gasteiger partial charge in [-0.05, 0) is 64.4 Å². The van der Waals surface area contributed by atoms with Crippen molar-refractivity contribution in [1.29, 1.82) is 0 Å². The maximum atomic E-state index is 13.2. The molecule has 8 amide bonds. The van der Waals surface area contributed by atoms with Gasteiger partial charge in [-0.3, -0.25) is 43.3 Å². The van der Waals surface area contributed by atoms with Crippen LogP contribution in [0.15, 0.2) is 65.2 Å². The van der Waals surface area contributed by atoms with E-state index in [1.807, 2.05) is 13.8 Å². The van der Waals surface area contributed by atoms with Crippen LogP contribution in [-0.2, 0) is 51.2 Å². The summed E-state index contributed by atoms with van der Waals surface area (Å²) in [4.78, 5) is 102. The SMILES string of the molecule is CC(C)C[C@H](NC(=O)[C@H](Cc1ccccc1)NC(=O)CNC(=O)CNC(=O)[C@H](Cc1ccc(O)cc1)NC(=O)CCCCCN1C(=O)C=C(Br)C1=O)C(N)=O. The van der Waals surface area contributed by atoms with Crippen LogP contribution in [0.4, 0.5) is 0 Å². The number of phenols is 1. The highest BCUT2D eigenvalue weighted by molar-refractivity contribution is 9.12. The fourth-order valence-electron chi connectivity index (χ4n) is 5.59. The highest BCUT2D eigenvalue weighted by atomic mass is 79.9. The van der Waals surface area contributed by atoms with Crippen LogP contribution in [0.1, 0.15) is 57.1 Å². The van der Waals surface area contributed by atoms with Crippen LogP contribution in [0.3, 0.4) is 0 Å². The molecule has 16 nitrogen and oxygen atoms in total. The molecule has 296 valence electrons. The average molecular weight is 827 g/mol. The van der Waals surface area contributed by atoms with Crippen molar-refractivity contribution in [2.24, 2.45) is 11.7 Å². The zero-order valence-corrected chi connectivity index (χ0v) is 32.4. The first-order valence-electron chi connectivity index (χ1n) is 17.9. The molecule has 0 fully saturated rings. The van der Waals surface area contributed by atoms with Crippen molar-refractivity contribution in [3.8, 4) is 5.75 Å². The summed E-state index contributed by atoms with van der Waals surface area (Å²) >= 11 is 3.05. The summed E-state index contributed by atoms with van der Waals surface area (Å²) in [7, 11) is 0. The predicted molar refractivity (Wildman–Crippen MR) is 205 cm³/mol. The molecule has 2 aromatic carbocycles. The van der Waals surface area contributed by atoms with Gasteiger partial charge in [0, 0.05) is 31.9 Å². The number of nitrogens with one attached hydrogen (secondary N) is 5. The van der Waals surface area contributed by atoms with Gasteiger partial charge in [-0.1, -0.05) is 62.7 Å². The number of aromatic hydroxyl groups is 1. The summed E-state index contributed by atoms with van der Waals surface area (Å²) in [6.45, 7) is 2.89. The molecule has 0 radical (unpaired) electrons. The third-order valence-electron chi connectivity index (χ3n) is 8.45. The van der Waals surface area contributed by atoms with Gasteiger partial charge in [-0.15, -0.1) is 0 Å². The van der Waals surface area contributed by atoms with Crippen LogP contribution in [0.2, 0.25) is 0 Å². The standard InChI is InChI=1S/C38H48BrN7O9/c1-23(2)17-28(35(40)52)45-37(54)30(18-24-9-5-3-6-10-24)44-33(50)22-41-32(49)21-42-36(53)29(19-25-12-14-26(47)15-13-25)43-31(48)11-7-4-8-16-46-34(51)20-27(39)38(46)55/h3,5-6,9-10,12-15,20,23,28-30,47H,4,7-8,11,16-19,21-22H2,1-2H3,(H2,40,52)(H,41,49)(H,42,53)(H,43,48)(H,44,50)(H,45,54)/t28-,29-,30-/m0/s1. The van der Waals surface area contributed by atoms with Gasteiger partial charge in [0.15, 0.2) is 0 Å². The number of amides is 8. The second-order valence-electron chi connectivity index (χ2n) is 13.5. The van der Waals surface area contributed by atoms with E-state index < -0.39 is 78.5 Å². The topological polar surface area (TPSA) is 246 Å². The minimum absolute atomic E-state index is 0.0166. The lowest BCUT2D eigenvalue weighted by Crippen LogP contribution is -2.55. The number of primary amides is 1. The quantitative estimate of drug-likeness (QED) is 0.0649. The molecule has 0 spiro atoms. The second kappa shape index (κ2) is 22.0. The molecule has 8 N–H and O–H groups in total. The summed E-state index contributed by atoms with van der Waals surface area (Å²) < 4.78 is 0.196. The maximum Gasteiger partial charge on any atom is 0.267 e. The number of carbonyl (C=O) groups excluding carboxylic acids is 8. The van der Waals surface area contributed by atoms with E-state index in [1.165, 1.54) is 18.2 Å². The number of nitrogens with two attached hydrogens (primary N) is 1. The first-order chi connectivity index (χ1) is 26.1. The van der Waals surface area contributed by atoms with Crippen LogP contribution in [0.5, 0.6) is 5.75 Å². The van der Waals surface area contributed by atoms with E-state index in [9.17, 15) is 43.5 Å². The number of carbonyl (C=O) groups is 8. The lowest BCUT2D eigenvalue weighted by atomic mass is 10.0. The highest BCUT2D eigenvalue weighted by Gasteiger charge is 2.29. The Morgan fingerprint density at radius 3 is 1.93 bits per heavy atom. The van der Waals surface area contributed by atoms with Gasteiger partial charge >= 0.3 is 0 Å². The zero-order valence-electron chi connectivity index (χ0n) is 30.8. The molecule has 0 bridgehead atoms. The Kier molecular flexibility index (Phi) is 17.5. The first kappa shape index (κ1) is 43.8. The number of benzene rings is 2. The number of imide groups is 1. The summed E-state index contributed by atoms with van der Waals surface area (Å²) in [5.74, 6) is -4.59. The molecule has 55 heavy (non-hydrogen) atoms. The maximum absolute atomic E-state index is 13.2. The third-order valence-corrected chi connectivity index (χ3v) is 9.02. The summed E-state index contributed by atoms with van der Waals surface area (Å²) in [6.07, 6.45) is 3.15. The highest BCUT2D eigenvalue weighted by Crippen LogP contribution is 2.19. The third kappa shape index (κ3) is 15.4. The molecule has 1 heterocycles. The smallest absolute Gasteiger partial charge is 0.267 e. The Morgan fingerprint density at radius 1 is 0.727 bits per heavy atom. The minimum atomic E-state index is -1.09. The average Bonchev–Trinajstić information content (AvgIpc) is 3.38. The van der Waals surface area contributed by atoms with Gasteiger partial charge in [0.05, 0.1) is 17.6 Å². The van der Waals surface area contributed by atoms with Crippen molar-refractivity contribution in [3.63, 3.8) is 0 Å². The monoisotopic (exact) mass is 825 g/mol. The van der Waals surface area contributed by atoms with Gasteiger partial charge in [-0.25, -0.2) is 0 Å². The Morgan fingerprint density at radius 2 is 1.33 bits per heavy atom. The van der Waals surface area contributed by atoms with Gasteiger partial charge < -0.3 is 37.4 Å². The molecular weight excluding hydrogens is 778 g/mol. The molecule has 0 unspecified atom stereocenters. The number of rotatable bonds is 22. The van der Waals surface area contributed by atoms with E-state index >= 15 is 0 Å². The van der Waals surface area contributed by atoms with E-state index in [0.717, 1.165) is 10.5 Å². The molecule has 0 saturated heterocycles. The predicted octanol–water partition coefficient (Wildman–Crippen LogP) is 0.604. The van der Waals surface area contributed by atoms with E-state index in [-0.39, 0.29) is 42.0 Å². The number of halogens is 1. The van der Waals surface area contributed by atoms with Crippen LogP contribution in [0, 0.1) is 5.92 Å². The van der Waals surface area contributed by atoms with Gasteiger partial charge in [0.1, 0.15) is 23.9 Å². The Labute approximate surface area is 327 Å². The Hall–Kier alpha value is -5.58. The van der Waals surface area contributed by atoms with Gasteiger partial charge in [0.25, 0.3) is 11.8 Å². The van der Waals surface area contributed by atoms with Crippen molar-refractivity contribution in [3.05, 3.63) is 76.3 Å². The molecule has 17 heteroatoms. The van der Waals surface area contributed by atoms with Crippen molar-refractivity contribution < 1.29 is 43.5 Å². The zero-order chi connectivity index (χ0) is 40.5. The fraction of sp³-hybridized carbons (Fsp3) is 0.421. The van der Waals surface area contributed by atoms with Gasteiger partial charge in [-0.2, -0.15) is 0 Å². The van der Waals surface area contributed by atoms with Crippen molar-refractivity contribution in [2.75, 3.05) is 19.6 Å². The number of nitrogens with zero attached hydrogens (tertiary/aromatic N) is 1. The van der Waals surface area contributed by atoms with E-state index in [0.29, 0.717) is 31.2 Å². The summed E-state index contributed by atoms with van der Waals surface area (Å²) in [5.41, 5.74) is 6.86. The number of phenolic OH excluding ortho intramolecular Hbond substituents is 1. The van der Waals surface area contributed by atoms with E-state index in [2.05, 4.69) is 42.5 Å². The molecule has 1 aliphatic rings. The molecule has 1 aliphatic heterocycles. The van der Waals surface area contributed by atoms with E-state index in [1.54, 1.807) is 42.5 Å². The van der Waals surface area contributed by atoms with Crippen molar-refractivity contribution in [1.82, 2.24) is 31.5 Å². The van der Waals surface area contributed by atoms with Crippen LogP contribution < -0.4 is 32.3 Å². The molecule has 2 aromatic rings. The van der Waals surface area contributed by atoms with Crippen LogP contribution in [0.25, 0.3) is 0 Å². The molecule has 0 aromatic heterocycles. The summed E-state index contributed by atoms with van der Waals surface area (Å²) in [5, 5.41) is 22.4. The molecule has 3 rings (SSSR count). The van der Waals surface area contributed by atoms with Crippen molar-refractivity contribution in [2.45, 2.75) is 76.9 Å². The minimum Gasteiger partial charge on any atom is -0.508 e. The molecule has 0 aliphatic carbocycles. The fourth-order valence-corrected chi connectivity index (χ4v) is 6.00. The molecule has 3 atom stereocenters. The number of hydrogen-bond donors (Lipinski definition) is 7. The van der Waals surface area contributed by atoms with E-state index in [4.69, 9.17) is 5.73 Å².